The van der Waals surface area contributed by atoms with Gasteiger partial charge in [0.05, 0.1) is 18.5 Å². The van der Waals surface area contributed by atoms with Gasteiger partial charge in [0, 0.05) is 6.54 Å². The Hall–Kier alpha value is -2.03. The Morgan fingerprint density at radius 2 is 2.09 bits per heavy atom. The first-order valence-corrected chi connectivity index (χ1v) is 7.57. The molecule has 0 radical (unpaired) electrons. The second-order valence-corrected chi connectivity index (χ2v) is 5.96. The molecule has 0 spiro atoms. The molecule has 2 aliphatic rings. The van der Waals surface area contributed by atoms with Crippen LogP contribution in [0.5, 0.6) is 0 Å². The second kappa shape index (κ2) is 6.61. The molecule has 2 heterocycles. The van der Waals surface area contributed by atoms with E-state index in [1.807, 2.05) is 19.0 Å². The van der Waals surface area contributed by atoms with Crippen LogP contribution in [-0.4, -0.2) is 50.1 Å². The molecule has 3 rings (SSSR count). The van der Waals surface area contributed by atoms with Gasteiger partial charge in [0.25, 0.3) is 0 Å². The zero-order valence-corrected chi connectivity index (χ0v) is 13.1. The Labute approximate surface area is 134 Å². The Morgan fingerprint density at radius 3 is 2.78 bits per heavy atom. The molecule has 2 fully saturated rings. The minimum Gasteiger partial charge on any atom is -0.339 e. The molecule has 2 aliphatic heterocycles. The summed E-state index contributed by atoms with van der Waals surface area (Å²) in [5.74, 6) is 0.00919. The number of likely N-dealkylation sites (N-methyl/N-ethyl adjacent to an activating group) is 1. The molecule has 8 heteroatoms. The molecule has 3 unspecified atom stereocenters. The molecule has 1 aromatic rings. The highest BCUT2D eigenvalue weighted by Gasteiger charge is 2.37. The summed E-state index contributed by atoms with van der Waals surface area (Å²) in [6.45, 7) is 1.04. The van der Waals surface area contributed by atoms with E-state index in [0.29, 0.717) is 19.0 Å². The van der Waals surface area contributed by atoms with E-state index >= 15 is 0 Å². The standard InChI is InChI=1S/C15H21FN6O/c1-22(2)12(9-3-5-10(16)6-4-9)8-17-15-19-13-11(7-18-21-13)14(23)20-15/h3-6,11-13,18,21H,7-8H2,1-2H3,(H2,17,19,20,23). The maximum atomic E-state index is 13.1. The number of amides is 1. The summed E-state index contributed by atoms with van der Waals surface area (Å²) in [7, 11) is 3.89. The van der Waals surface area contributed by atoms with Gasteiger partial charge in [-0.1, -0.05) is 12.1 Å². The molecule has 3 atom stereocenters. The Bertz CT molecular complexity index is 602. The van der Waals surface area contributed by atoms with Crippen LogP contribution in [0.2, 0.25) is 0 Å². The van der Waals surface area contributed by atoms with Crippen molar-refractivity contribution in [3.63, 3.8) is 0 Å². The molecule has 2 saturated heterocycles. The lowest BCUT2D eigenvalue weighted by molar-refractivity contribution is -0.124. The number of rotatable bonds is 4. The Morgan fingerprint density at radius 1 is 1.35 bits per heavy atom. The number of fused-ring (bicyclic) bond motifs is 1. The van der Waals surface area contributed by atoms with Gasteiger partial charge in [-0.2, -0.15) is 0 Å². The lowest BCUT2D eigenvalue weighted by atomic mass is 10.1. The Kier molecular flexibility index (Phi) is 4.56. The number of hydrazine groups is 1. The van der Waals surface area contributed by atoms with Crippen LogP contribution in [0.1, 0.15) is 11.6 Å². The molecule has 0 aliphatic carbocycles. The highest BCUT2D eigenvalue weighted by atomic mass is 19.1. The monoisotopic (exact) mass is 320 g/mol. The topological polar surface area (TPSA) is 80.8 Å². The fourth-order valence-corrected chi connectivity index (χ4v) is 2.79. The van der Waals surface area contributed by atoms with Crippen LogP contribution in [0, 0.1) is 11.7 Å². The smallest absolute Gasteiger partial charge is 0.234 e. The van der Waals surface area contributed by atoms with E-state index in [2.05, 4.69) is 26.5 Å². The van der Waals surface area contributed by atoms with Gasteiger partial charge in [-0.25, -0.2) is 9.82 Å². The normalized spacial score (nSPS) is 26.8. The zero-order valence-electron chi connectivity index (χ0n) is 13.1. The summed E-state index contributed by atoms with van der Waals surface area (Å²) in [6, 6.07) is 6.39. The number of aliphatic imine (C=N–C) groups is 1. The van der Waals surface area contributed by atoms with Crippen molar-refractivity contribution in [2.75, 3.05) is 27.2 Å². The largest absolute Gasteiger partial charge is 0.339 e. The molecular formula is C15H21FN6O. The van der Waals surface area contributed by atoms with Crippen LogP contribution < -0.4 is 21.5 Å². The van der Waals surface area contributed by atoms with Crippen LogP contribution in [0.4, 0.5) is 4.39 Å². The number of carbonyl (C=O) groups is 1. The number of guanidine groups is 1. The van der Waals surface area contributed by atoms with E-state index in [-0.39, 0.29) is 29.8 Å². The van der Waals surface area contributed by atoms with Gasteiger partial charge in [-0.05, 0) is 31.8 Å². The van der Waals surface area contributed by atoms with Gasteiger partial charge in [-0.15, -0.1) is 0 Å². The van der Waals surface area contributed by atoms with E-state index in [1.54, 1.807) is 12.1 Å². The van der Waals surface area contributed by atoms with Crippen molar-refractivity contribution in [2.24, 2.45) is 10.9 Å². The highest BCUT2D eigenvalue weighted by Crippen LogP contribution is 2.19. The van der Waals surface area contributed by atoms with Gasteiger partial charge in [0.15, 0.2) is 5.96 Å². The van der Waals surface area contributed by atoms with Crippen LogP contribution in [0.25, 0.3) is 0 Å². The van der Waals surface area contributed by atoms with Crippen molar-refractivity contribution in [3.05, 3.63) is 35.6 Å². The zero-order chi connectivity index (χ0) is 16.4. The maximum absolute atomic E-state index is 13.1. The molecule has 124 valence electrons. The summed E-state index contributed by atoms with van der Waals surface area (Å²) in [5, 5.41) is 5.95. The van der Waals surface area contributed by atoms with Gasteiger partial charge in [-0.3, -0.25) is 20.5 Å². The molecule has 1 amide bonds. The summed E-state index contributed by atoms with van der Waals surface area (Å²) < 4.78 is 13.1. The number of hydrogen-bond donors (Lipinski definition) is 4. The average Bonchev–Trinajstić information content (AvgIpc) is 2.98. The van der Waals surface area contributed by atoms with E-state index in [9.17, 15) is 9.18 Å². The molecule has 0 saturated carbocycles. The van der Waals surface area contributed by atoms with Crippen LogP contribution in [0.15, 0.2) is 29.3 Å². The molecule has 7 nitrogen and oxygen atoms in total. The van der Waals surface area contributed by atoms with Crippen molar-refractivity contribution in [1.82, 2.24) is 26.4 Å². The van der Waals surface area contributed by atoms with E-state index < -0.39 is 0 Å². The summed E-state index contributed by atoms with van der Waals surface area (Å²) in [4.78, 5) is 18.5. The first kappa shape index (κ1) is 15.9. The van der Waals surface area contributed by atoms with E-state index in [0.717, 1.165) is 5.56 Å². The van der Waals surface area contributed by atoms with Gasteiger partial charge < -0.3 is 10.2 Å². The highest BCUT2D eigenvalue weighted by molar-refractivity contribution is 6.01. The van der Waals surface area contributed by atoms with Crippen LogP contribution in [-0.2, 0) is 4.79 Å². The van der Waals surface area contributed by atoms with Gasteiger partial charge in [0.2, 0.25) is 5.91 Å². The van der Waals surface area contributed by atoms with Crippen molar-refractivity contribution in [3.8, 4) is 0 Å². The molecule has 0 aromatic heterocycles. The number of hydrogen-bond acceptors (Lipinski definition) is 5. The molecule has 23 heavy (non-hydrogen) atoms. The minimum atomic E-state index is -0.260. The van der Waals surface area contributed by atoms with Crippen LogP contribution in [0.3, 0.4) is 0 Å². The quantitative estimate of drug-likeness (QED) is 0.604. The lowest BCUT2D eigenvalue weighted by Crippen LogP contribution is -2.61. The number of nitrogens with zero attached hydrogens (tertiary/aromatic N) is 2. The van der Waals surface area contributed by atoms with E-state index in [1.165, 1.54) is 12.1 Å². The van der Waals surface area contributed by atoms with Crippen molar-refractivity contribution in [2.45, 2.75) is 12.2 Å². The third-order valence-corrected chi connectivity index (χ3v) is 4.15. The fourth-order valence-electron chi connectivity index (χ4n) is 2.79. The summed E-state index contributed by atoms with van der Waals surface area (Å²) in [5.41, 5.74) is 6.94. The molecule has 0 bridgehead atoms. The lowest BCUT2D eigenvalue weighted by Gasteiger charge is -2.28. The number of halogens is 1. The predicted molar refractivity (Wildman–Crippen MR) is 84.8 cm³/mol. The second-order valence-electron chi connectivity index (χ2n) is 5.96. The van der Waals surface area contributed by atoms with Crippen molar-refractivity contribution >= 4 is 11.9 Å². The molecule has 1 aromatic carbocycles. The fraction of sp³-hybridized carbons (Fsp3) is 0.467. The third-order valence-electron chi connectivity index (χ3n) is 4.15. The first-order chi connectivity index (χ1) is 11.0. The first-order valence-electron chi connectivity index (χ1n) is 7.57. The molecule has 4 N–H and O–H groups in total. The SMILES string of the molecule is CN(C)C(CN=C1NC(=O)C2CNNC2N1)c1ccc(F)cc1. The van der Waals surface area contributed by atoms with Crippen LogP contribution >= 0.6 is 0 Å². The molecular weight excluding hydrogens is 299 g/mol. The van der Waals surface area contributed by atoms with Crippen molar-refractivity contribution in [1.29, 1.82) is 0 Å². The minimum absolute atomic E-state index is 0.00538. The number of carbonyl (C=O) groups excluding carboxylic acids is 1. The summed E-state index contributed by atoms with van der Waals surface area (Å²) in [6.07, 6.45) is -0.147. The third kappa shape index (κ3) is 3.49. The number of benzene rings is 1. The Balaban J connectivity index is 1.71. The van der Waals surface area contributed by atoms with Gasteiger partial charge >= 0.3 is 0 Å². The predicted octanol–water partition coefficient (Wildman–Crippen LogP) is -0.446. The van der Waals surface area contributed by atoms with Gasteiger partial charge in [0.1, 0.15) is 12.0 Å². The van der Waals surface area contributed by atoms with Crippen molar-refractivity contribution < 1.29 is 9.18 Å². The summed E-state index contributed by atoms with van der Waals surface area (Å²) >= 11 is 0. The number of nitrogens with one attached hydrogen (secondary N) is 4. The van der Waals surface area contributed by atoms with E-state index in [4.69, 9.17) is 0 Å². The average molecular weight is 320 g/mol. The maximum Gasteiger partial charge on any atom is 0.234 e.